The molecule has 3 N–H and O–H groups in total. The molecule has 0 aliphatic heterocycles. The van der Waals surface area contributed by atoms with Crippen LogP contribution >= 0.6 is 0 Å². The SMILES string of the molecule is CC(=O)Nc1ccc(OC[C@H](O)CNC2CCCC2)cc1. The average Bonchev–Trinajstić information content (AvgIpc) is 2.97. The second-order valence-electron chi connectivity index (χ2n) is 5.56. The lowest BCUT2D eigenvalue weighted by molar-refractivity contribution is -0.114. The highest BCUT2D eigenvalue weighted by Gasteiger charge is 2.15. The van der Waals surface area contributed by atoms with Crippen LogP contribution in [0.4, 0.5) is 5.69 Å². The molecule has 2 rings (SSSR count). The molecule has 1 atom stereocenters. The number of benzene rings is 1. The van der Waals surface area contributed by atoms with Crippen molar-refractivity contribution in [2.45, 2.75) is 44.8 Å². The average molecular weight is 292 g/mol. The smallest absolute Gasteiger partial charge is 0.221 e. The van der Waals surface area contributed by atoms with Crippen molar-refractivity contribution in [1.29, 1.82) is 0 Å². The summed E-state index contributed by atoms with van der Waals surface area (Å²) in [5.41, 5.74) is 0.735. The first kappa shape index (κ1) is 15.8. The van der Waals surface area contributed by atoms with Crippen LogP contribution in [0.2, 0.25) is 0 Å². The summed E-state index contributed by atoms with van der Waals surface area (Å²) < 4.78 is 5.54. The maximum atomic E-state index is 10.9. The third kappa shape index (κ3) is 5.73. The van der Waals surface area contributed by atoms with Crippen molar-refractivity contribution in [2.24, 2.45) is 0 Å². The third-order valence-corrected chi connectivity index (χ3v) is 3.61. The minimum absolute atomic E-state index is 0.0999. The molecule has 1 saturated carbocycles. The van der Waals surface area contributed by atoms with Crippen molar-refractivity contribution in [1.82, 2.24) is 5.32 Å². The Morgan fingerprint density at radius 3 is 2.62 bits per heavy atom. The number of carbonyl (C=O) groups is 1. The van der Waals surface area contributed by atoms with Gasteiger partial charge in [-0.1, -0.05) is 12.8 Å². The second kappa shape index (κ2) is 8.00. The molecule has 1 amide bonds. The predicted octanol–water partition coefficient (Wildman–Crippen LogP) is 1.92. The van der Waals surface area contributed by atoms with E-state index in [2.05, 4.69) is 10.6 Å². The molecule has 116 valence electrons. The van der Waals surface area contributed by atoms with Gasteiger partial charge in [0.15, 0.2) is 0 Å². The Bertz CT molecular complexity index is 441. The Morgan fingerprint density at radius 2 is 2.00 bits per heavy atom. The Labute approximate surface area is 125 Å². The van der Waals surface area contributed by atoms with Crippen molar-refractivity contribution < 1.29 is 14.6 Å². The molecule has 1 aromatic rings. The highest BCUT2D eigenvalue weighted by atomic mass is 16.5. The van der Waals surface area contributed by atoms with Crippen LogP contribution in [0.3, 0.4) is 0 Å². The molecule has 1 fully saturated rings. The molecule has 1 aromatic carbocycles. The van der Waals surface area contributed by atoms with Gasteiger partial charge in [0.1, 0.15) is 18.5 Å². The van der Waals surface area contributed by atoms with Gasteiger partial charge in [-0.15, -0.1) is 0 Å². The van der Waals surface area contributed by atoms with Crippen molar-refractivity contribution in [3.05, 3.63) is 24.3 Å². The van der Waals surface area contributed by atoms with Gasteiger partial charge in [0, 0.05) is 25.2 Å². The van der Waals surface area contributed by atoms with E-state index < -0.39 is 6.10 Å². The Morgan fingerprint density at radius 1 is 1.33 bits per heavy atom. The van der Waals surface area contributed by atoms with Gasteiger partial charge < -0.3 is 20.5 Å². The van der Waals surface area contributed by atoms with E-state index >= 15 is 0 Å². The fraction of sp³-hybridized carbons (Fsp3) is 0.562. The predicted molar refractivity (Wildman–Crippen MR) is 82.5 cm³/mol. The van der Waals surface area contributed by atoms with Crippen LogP contribution in [0.1, 0.15) is 32.6 Å². The fourth-order valence-corrected chi connectivity index (χ4v) is 2.52. The minimum Gasteiger partial charge on any atom is -0.491 e. The first-order valence-electron chi connectivity index (χ1n) is 7.55. The molecule has 0 aromatic heterocycles. The molecule has 5 heteroatoms. The summed E-state index contributed by atoms with van der Waals surface area (Å²) in [5, 5.41) is 16.0. The van der Waals surface area contributed by atoms with Crippen LogP contribution in [-0.2, 0) is 4.79 Å². The molecule has 5 nitrogen and oxygen atoms in total. The third-order valence-electron chi connectivity index (χ3n) is 3.61. The molecule has 0 heterocycles. The number of carbonyl (C=O) groups excluding carboxylic acids is 1. The monoisotopic (exact) mass is 292 g/mol. The van der Waals surface area contributed by atoms with E-state index in [0.717, 1.165) is 5.69 Å². The van der Waals surface area contributed by atoms with E-state index in [9.17, 15) is 9.90 Å². The Hall–Kier alpha value is -1.59. The van der Waals surface area contributed by atoms with Crippen LogP contribution < -0.4 is 15.4 Å². The van der Waals surface area contributed by atoms with Gasteiger partial charge in [0.2, 0.25) is 5.91 Å². The molecule has 0 unspecified atom stereocenters. The van der Waals surface area contributed by atoms with E-state index in [1.165, 1.54) is 32.6 Å². The molecule has 0 bridgehead atoms. The summed E-state index contributed by atoms with van der Waals surface area (Å²) in [6.45, 7) is 2.30. The molecule has 1 aliphatic rings. The number of ether oxygens (including phenoxy) is 1. The number of amides is 1. The molecule has 0 radical (unpaired) electrons. The molecule has 1 aliphatic carbocycles. The summed E-state index contributed by atoms with van der Waals surface area (Å²) in [5.74, 6) is 0.584. The molecule has 0 spiro atoms. The van der Waals surface area contributed by atoms with Crippen LogP contribution in [0.25, 0.3) is 0 Å². The summed E-state index contributed by atoms with van der Waals surface area (Å²) in [6.07, 6.45) is 4.47. The standard InChI is InChI=1S/C16H24N2O3/c1-12(19)18-14-6-8-16(9-7-14)21-11-15(20)10-17-13-4-2-3-5-13/h6-9,13,15,17,20H,2-5,10-11H2,1H3,(H,18,19)/t15-/m1/s1. The van der Waals surface area contributed by atoms with Crippen LogP contribution in [-0.4, -0.2) is 36.3 Å². The summed E-state index contributed by atoms with van der Waals surface area (Å²) in [6, 6.07) is 7.67. The van der Waals surface area contributed by atoms with Gasteiger partial charge in [-0.05, 0) is 37.1 Å². The van der Waals surface area contributed by atoms with Crippen molar-refractivity contribution >= 4 is 11.6 Å². The van der Waals surface area contributed by atoms with Crippen molar-refractivity contribution in [2.75, 3.05) is 18.5 Å². The van der Waals surface area contributed by atoms with Crippen LogP contribution in [0.5, 0.6) is 5.75 Å². The summed E-state index contributed by atoms with van der Waals surface area (Å²) in [4.78, 5) is 10.9. The lowest BCUT2D eigenvalue weighted by atomic mass is 10.2. The maximum Gasteiger partial charge on any atom is 0.221 e. The maximum absolute atomic E-state index is 10.9. The number of rotatable bonds is 7. The van der Waals surface area contributed by atoms with Crippen molar-refractivity contribution in [3.63, 3.8) is 0 Å². The Balaban J connectivity index is 1.67. The van der Waals surface area contributed by atoms with Gasteiger partial charge in [-0.3, -0.25) is 4.79 Å². The minimum atomic E-state index is -0.513. The normalized spacial score (nSPS) is 16.7. The largest absolute Gasteiger partial charge is 0.491 e. The van der Waals surface area contributed by atoms with Crippen LogP contribution in [0.15, 0.2) is 24.3 Å². The van der Waals surface area contributed by atoms with E-state index in [1.807, 2.05) is 0 Å². The molecule has 21 heavy (non-hydrogen) atoms. The number of hydrogen-bond donors (Lipinski definition) is 3. The fourth-order valence-electron chi connectivity index (χ4n) is 2.52. The van der Waals surface area contributed by atoms with Gasteiger partial charge in [-0.2, -0.15) is 0 Å². The van der Waals surface area contributed by atoms with Crippen LogP contribution in [0, 0.1) is 0 Å². The van der Waals surface area contributed by atoms with E-state index in [4.69, 9.17) is 4.74 Å². The van der Waals surface area contributed by atoms with E-state index in [1.54, 1.807) is 24.3 Å². The molecular weight excluding hydrogens is 268 g/mol. The number of aliphatic hydroxyl groups excluding tert-OH is 1. The quantitative estimate of drug-likeness (QED) is 0.718. The van der Waals surface area contributed by atoms with E-state index in [-0.39, 0.29) is 12.5 Å². The number of aliphatic hydroxyl groups is 1. The summed E-state index contributed by atoms with van der Waals surface area (Å²) in [7, 11) is 0. The first-order chi connectivity index (χ1) is 10.1. The first-order valence-corrected chi connectivity index (χ1v) is 7.55. The highest BCUT2D eigenvalue weighted by molar-refractivity contribution is 5.88. The topological polar surface area (TPSA) is 70.6 Å². The second-order valence-corrected chi connectivity index (χ2v) is 5.56. The number of hydrogen-bond acceptors (Lipinski definition) is 4. The van der Waals surface area contributed by atoms with Gasteiger partial charge >= 0.3 is 0 Å². The number of nitrogens with one attached hydrogen (secondary N) is 2. The summed E-state index contributed by atoms with van der Waals surface area (Å²) >= 11 is 0. The zero-order valence-corrected chi connectivity index (χ0v) is 12.5. The highest BCUT2D eigenvalue weighted by Crippen LogP contribution is 2.18. The van der Waals surface area contributed by atoms with E-state index in [0.29, 0.717) is 18.3 Å². The lowest BCUT2D eigenvalue weighted by Crippen LogP contribution is -2.36. The van der Waals surface area contributed by atoms with Gasteiger partial charge in [-0.25, -0.2) is 0 Å². The zero-order chi connectivity index (χ0) is 15.1. The molecule has 0 saturated heterocycles. The zero-order valence-electron chi connectivity index (χ0n) is 12.5. The lowest BCUT2D eigenvalue weighted by Gasteiger charge is -2.16. The Kier molecular flexibility index (Phi) is 6.02. The van der Waals surface area contributed by atoms with Crippen molar-refractivity contribution in [3.8, 4) is 5.75 Å². The van der Waals surface area contributed by atoms with Gasteiger partial charge in [0.05, 0.1) is 0 Å². The van der Waals surface area contributed by atoms with Gasteiger partial charge in [0.25, 0.3) is 0 Å². The molecular formula is C16H24N2O3. The number of anilines is 1.